The summed E-state index contributed by atoms with van der Waals surface area (Å²) in [5, 5.41) is 15.1. The molecule has 1 heterocycles. The molecule has 0 aromatic carbocycles. The van der Waals surface area contributed by atoms with Gasteiger partial charge in [-0.1, -0.05) is 13.8 Å². The number of aliphatic hydroxyl groups is 1. The van der Waals surface area contributed by atoms with Gasteiger partial charge in [-0.15, -0.1) is 0 Å². The van der Waals surface area contributed by atoms with Gasteiger partial charge in [-0.25, -0.2) is 8.42 Å². The van der Waals surface area contributed by atoms with E-state index in [4.69, 9.17) is 5.11 Å². The second kappa shape index (κ2) is 5.61. The highest BCUT2D eigenvalue weighted by Crippen LogP contribution is 2.20. The zero-order valence-electron chi connectivity index (χ0n) is 10.3. The lowest BCUT2D eigenvalue weighted by Gasteiger charge is -2.25. The molecule has 0 aliphatic rings. The van der Waals surface area contributed by atoms with Crippen LogP contribution in [0.3, 0.4) is 0 Å². The molecule has 17 heavy (non-hydrogen) atoms. The third-order valence-corrected chi connectivity index (χ3v) is 4.87. The van der Waals surface area contributed by atoms with Crippen LogP contribution in [0.1, 0.15) is 32.3 Å². The van der Waals surface area contributed by atoms with Crippen molar-refractivity contribution in [1.82, 2.24) is 14.5 Å². The minimum atomic E-state index is -3.61. The van der Waals surface area contributed by atoms with E-state index in [0.717, 1.165) is 12.8 Å². The fourth-order valence-corrected chi connectivity index (χ4v) is 3.37. The smallest absolute Gasteiger partial charge is 0.260 e. The van der Waals surface area contributed by atoms with Gasteiger partial charge >= 0.3 is 0 Å². The summed E-state index contributed by atoms with van der Waals surface area (Å²) in [6.07, 6.45) is 2.82. The Labute approximate surface area is 102 Å². The molecular weight excluding hydrogens is 242 g/mol. The molecule has 2 N–H and O–H groups in total. The topological polar surface area (TPSA) is 86.3 Å². The molecule has 0 saturated heterocycles. The van der Waals surface area contributed by atoms with Crippen molar-refractivity contribution in [2.45, 2.75) is 44.4 Å². The molecule has 1 aromatic heterocycles. The maximum atomic E-state index is 12.3. The summed E-state index contributed by atoms with van der Waals surface area (Å²) in [5.41, 5.74) is 0.294. The molecule has 6 nitrogen and oxygen atoms in total. The third kappa shape index (κ3) is 2.67. The first kappa shape index (κ1) is 14.1. The number of nitrogens with zero attached hydrogens (tertiary/aromatic N) is 2. The number of sulfonamides is 1. The fourth-order valence-electron chi connectivity index (χ4n) is 1.78. The molecule has 1 aromatic rings. The SMILES string of the molecule is CCC(CC)N(C)S(=O)(=O)c1[nH]ncc1CO. The van der Waals surface area contributed by atoms with Crippen LogP contribution in [0.2, 0.25) is 0 Å². The number of aromatic nitrogens is 2. The molecule has 98 valence electrons. The van der Waals surface area contributed by atoms with Crippen molar-refractivity contribution in [3.05, 3.63) is 11.8 Å². The van der Waals surface area contributed by atoms with Crippen LogP contribution < -0.4 is 0 Å². The van der Waals surface area contributed by atoms with Crippen molar-refractivity contribution >= 4 is 10.0 Å². The monoisotopic (exact) mass is 261 g/mol. The zero-order valence-corrected chi connectivity index (χ0v) is 11.2. The largest absolute Gasteiger partial charge is 0.392 e. The zero-order chi connectivity index (χ0) is 13.1. The summed E-state index contributed by atoms with van der Waals surface area (Å²) in [7, 11) is -2.06. The molecule has 0 spiro atoms. The summed E-state index contributed by atoms with van der Waals surface area (Å²) >= 11 is 0. The highest BCUT2D eigenvalue weighted by Gasteiger charge is 2.29. The van der Waals surface area contributed by atoms with E-state index in [2.05, 4.69) is 10.2 Å². The number of aliphatic hydroxyl groups excluding tert-OH is 1. The van der Waals surface area contributed by atoms with Gasteiger partial charge in [0.25, 0.3) is 10.0 Å². The molecule has 1 rings (SSSR count). The average molecular weight is 261 g/mol. The van der Waals surface area contributed by atoms with Gasteiger partial charge in [0.2, 0.25) is 0 Å². The summed E-state index contributed by atoms with van der Waals surface area (Å²) in [5.74, 6) is 0. The van der Waals surface area contributed by atoms with Crippen molar-refractivity contribution in [2.24, 2.45) is 0 Å². The molecule has 0 bridgehead atoms. The van der Waals surface area contributed by atoms with Gasteiger partial charge in [0.1, 0.15) is 0 Å². The van der Waals surface area contributed by atoms with Gasteiger partial charge in [-0.2, -0.15) is 9.40 Å². The molecular formula is C10H19N3O3S. The standard InChI is InChI=1S/C10H19N3O3S/c1-4-9(5-2)13(3)17(15,16)10-8(7-14)6-11-12-10/h6,9,14H,4-5,7H2,1-3H3,(H,11,12). The van der Waals surface area contributed by atoms with E-state index in [0.29, 0.717) is 5.56 Å². The minimum Gasteiger partial charge on any atom is -0.392 e. The van der Waals surface area contributed by atoms with Crippen molar-refractivity contribution in [3.8, 4) is 0 Å². The van der Waals surface area contributed by atoms with Crippen molar-refractivity contribution in [3.63, 3.8) is 0 Å². The van der Waals surface area contributed by atoms with Crippen LogP contribution in [-0.2, 0) is 16.6 Å². The molecule has 0 saturated carbocycles. The maximum Gasteiger partial charge on any atom is 0.260 e. The molecule has 0 radical (unpaired) electrons. The van der Waals surface area contributed by atoms with Crippen LogP contribution in [0, 0.1) is 0 Å². The van der Waals surface area contributed by atoms with E-state index in [1.807, 2.05) is 13.8 Å². The normalized spacial score (nSPS) is 12.6. The average Bonchev–Trinajstić information content (AvgIpc) is 2.79. The van der Waals surface area contributed by atoms with E-state index in [1.165, 1.54) is 10.5 Å². The second-order valence-electron chi connectivity index (χ2n) is 3.87. The number of rotatable bonds is 6. The van der Waals surface area contributed by atoms with Crippen molar-refractivity contribution < 1.29 is 13.5 Å². The Hall–Kier alpha value is -0.920. The van der Waals surface area contributed by atoms with Crippen molar-refractivity contribution in [2.75, 3.05) is 7.05 Å². The van der Waals surface area contributed by atoms with Gasteiger partial charge < -0.3 is 5.11 Å². The Morgan fingerprint density at radius 3 is 2.53 bits per heavy atom. The third-order valence-electron chi connectivity index (χ3n) is 2.94. The predicted octanol–water partition coefficient (Wildman–Crippen LogP) is 0.711. The predicted molar refractivity (Wildman–Crippen MR) is 63.8 cm³/mol. The van der Waals surface area contributed by atoms with E-state index in [-0.39, 0.29) is 17.7 Å². The number of H-pyrrole nitrogens is 1. The quantitative estimate of drug-likeness (QED) is 0.789. The van der Waals surface area contributed by atoms with E-state index < -0.39 is 10.0 Å². The second-order valence-corrected chi connectivity index (χ2v) is 5.81. The van der Waals surface area contributed by atoms with E-state index in [9.17, 15) is 8.42 Å². The lowest BCUT2D eigenvalue weighted by molar-refractivity contribution is 0.277. The molecule has 0 atom stereocenters. The van der Waals surface area contributed by atoms with Gasteiger partial charge in [0.15, 0.2) is 5.03 Å². The Bertz CT molecular complexity index is 451. The Balaban J connectivity index is 3.11. The molecule has 7 heteroatoms. The van der Waals surface area contributed by atoms with Crippen LogP contribution in [0.5, 0.6) is 0 Å². The first-order valence-electron chi connectivity index (χ1n) is 5.60. The Kier molecular flexibility index (Phi) is 4.67. The lowest BCUT2D eigenvalue weighted by Crippen LogP contribution is -2.36. The summed E-state index contributed by atoms with van der Waals surface area (Å²) in [6, 6.07) is -0.0464. The van der Waals surface area contributed by atoms with Gasteiger partial charge in [0, 0.05) is 18.7 Å². The summed E-state index contributed by atoms with van der Waals surface area (Å²) in [6.45, 7) is 3.54. The number of aromatic amines is 1. The summed E-state index contributed by atoms with van der Waals surface area (Å²) < 4.78 is 25.9. The van der Waals surface area contributed by atoms with Gasteiger partial charge in [-0.05, 0) is 12.8 Å². The van der Waals surface area contributed by atoms with Gasteiger partial charge in [-0.3, -0.25) is 5.10 Å². The summed E-state index contributed by atoms with van der Waals surface area (Å²) in [4.78, 5) is 0. The minimum absolute atomic E-state index is 0.0191. The van der Waals surface area contributed by atoms with Gasteiger partial charge in [0.05, 0.1) is 12.8 Å². The fraction of sp³-hybridized carbons (Fsp3) is 0.700. The molecule has 0 aliphatic heterocycles. The molecule has 0 aliphatic carbocycles. The number of nitrogens with one attached hydrogen (secondary N) is 1. The molecule has 0 fully saturated rings. The number of hydrogen-bond donors (Lipinski definition) is 2. The maximum absolute atomic E-state index is 12.3. The van der Waals surface area contributed by atoms with Crippen LogP contribution in [0.25, 0.3) is 0 Å². The first-order valence-corrected chi connectivity index (χ1v) is 7.04. The van der Waals surface area contributed by atoms with Crippen molar-refractivity contribution in [1.29, 1.82) is 0 Å². The lowest BCUT2D eigenvalue weighted by atomic mass is 10.2. The highest BCUT2D eigenvalue weighted by atomic mass is 32.2. The molecule has 0 amide bonds. The number of hydrogen-bond acceptors (Lipinski definition) is 4. The highest BCUT2D eigenvalue weighted by molar-refractivity contribution is 7.89. The van der Waals surface area contributed by atoms with E-state index in [1.54, 1.807) is 7.05 Å². The Morgan fingerprint density at radius 2 is 2.06 bits per heavy atom. The first-order chi connectivity index (χ1) is 7.98. The van der Waals surface area contributed by atoms with Crippen LogP contribution >= 0.6 is 0 Å². The Morgan fingerprint density at radius 1 is 1.47 bits per heavy atom. The van der Waals surface area contributed by atoms with Crippen LogP contribution in [0.15, 0.2) is 11.2 Å². The van der Waals surface area contributed by atoms with E-state index >= 15 is 0 Å². The van der Waals surface area contributed by atoms with Crippen LogP contribution in [0.4, 0.5) is 0 Å². The van der Waals surface area contributed by atoms with Crippen LogP contribution in [-0.4, -0.2) is 41.1 Å². The molecule has 0 unspecified atom stereocenters.